The van der Waals surface area contributed by atoms with Crippen molar-refractivity contribution in [2.24, 2.45) is 5.92 Å². The van der Waals surface area contributed by atoms with E-state index in [1.807, 2.05) is 24.3 Å². The fraction of sp³-hybridized carbons (Fsp3) is 0.391. The van der Waals surface area contributed by atoms with Gasteiger partial charge in [0.2, 0.25) is 0 Å². The lowest BCUT2D eigenvalue weighted by Crippen LogP contribution is -2.33. The Bertz CT molecular complexity index is 1220. The van der Waals surface area contributed by atoms with Crippen LogP contribution in [0.25, 0.3) is 11.0 Å². The molecule has 0 saturated heterocycles. The van der Waals surface area contributed by atoms with E-state index in [4.69, 9.17) is 4.74 Å². The van der Waals surface area contributed by atoms with E-state index in [0.29, 0.717) is 47.5 Å². The molecule has 3 aromatic rings. The summed E-state index contributed by atoms with van der Waals surface area (Å²) in [5.41, 5.74) is 1.58. The van der Waals surface area contributed by atoms with Crippen LogP contribution in [0.15, 0.2) is 40.1 Å². The molecule has 1 aliphatic carbocycles. The molecule has 30 heavy (non-hydrogen) atoms. The molecule has 2 heterocycles. The second-order valence-corrected chi connectivity index (χ2v) is 8.24. The number of carbonyl (C=O) groups is 1. The molecule has 0 amide bonds. The third kappa shape index (κ3) is 3.56. The van der Waals surface area contributed by atoms with Crippen molar-refractivity contribution >= 4 is 16.8 Å². The van der Waals surface area contributed by atoms with E-state index in [-0.39, 0.29) is 11.7 Å². The number of fused-ring (bicyclic) bond motifs is 3. The molecule has 0 spiro atoms. The van der Waals surface area contributed by atoms with Crippen LogP contribution in [-0.4, -0.2) is 27.4 Å². The van der Waals surface area contributed by atoms with Gasteiger partial charge in [0.15, 0.2) is 5.78 Å². The summed E-state index contributed by atoms with van der Waals surface area (Å²) in [6.45, 7) is 4.62. The number of H-pyrrole nitrogens is 1. The Morgan fingerprint density at radius 1 is 1.17 bits per heavy atom. The van der Waals surface area contributed by atoms with Gasteiger partial charge in [-0.05, 0) is 47.9 Å². The van der Waals surface area contributed by atoms with E-state index in [1.54, 1.807) is 7.11 Å². The number of hydrogen-bond donors (Lipinski definition) is 1. The van der Waals surface area contributed by atoms with Gasteiger partial charge < -0.3 is 4.74 Å². The van der Waals surface area contributed by atoms with Gasteiger partial charge in [0, 0.05) is 24.7 Å². The summed E-state index contributed by atoms with van der Waals surface area (Å²) >= 11 is 0. The number of hydrogen-bond acceptors (Lipinski definition) is 5. The number of Topliss-reactive ketones (excluding diaryl/α,β-unsaturated/α-hetero) is 1. The van der Waals surface area contributed by atoms with Crippen LogP contribution < -0.4 is 16.0 Å². The number of pyridine rings is 1. The molecular formula is C23H25N3O4. The first kappa shape index (κ1) is 20.1. The molecule has 0 bridgehead atoms. The van der Waals surface area contributed by atoms with E-state index >= 15 is 0 Å². The quantitative estimate of drug-likeness (QED) is 0.702. The standard InChI is InChI=1S/C23H25N3O4/c1-13(2)8-9-26-21-20(22(28)25-23(26)29)17-10-15(11-19(27)18(17)12-24-21)14-4-6-16(30-3)7-5-14/h4-7,12-13,15H,8-11H2,1-3H3,(H,25,28,29)/t15-/m1/s1. The number of carbonyl (C=O) groups excluding carboxylic acids is 1. The maximum Gasteiger partial charge on any atom is 0.329 e. The van der Waals surface area contributed by atoms with Crippen LogP contribution in [-0.2, 0) is 13.0 Å². The molecule has 0 saturated carbocycles. The summed E-state index contributed by atoms with van der Waals surface area (Å²) in [4.78, 5) is 44.9. The number of aromatic amines is 1. The van der Waals surface area contributed by atoms with Crippen molar-refractivity contribution in [3.05, 3.63) is 68.0 Å². The maximum atomic E-state index is 12.9. The van der Waals surface area contributed by atoms with Crippen molar-refractivity contribution in [3.63, 3.8) is 0 Å². The van der Waals surface area contributed by atoms with Gasteiger partial charge in [-0.2, -0.15) is 0 Å². The molecule has 1 aliphatic rings. The Kier molecular flexibility index (Phi) is 5.28. The number of ether oxygens (including phenoxy) is 1. The molecule has 0 aliphatic heterocycles. The smallest absolute Gasteiger partial charge is 0.329 e. The van der Waals surface area contributed by atoms with Crippen LogP contribution in [0.3, 0.4) is 0 Å². The zero-order valence-corrected chi connectivity index (χ0v) is 17.4. The highest BCUT2D eigenvalue weighted by atomic mass is 16.5. The number of aromatic nitrogens is 3. The number of aryl methyl sites for hydroxylation is 1. The molecule has 0 fully saturated rings. The minimum atomic E-state index is -0.483. The first-order chi connectivity index (χ1) is 14.4. The number of nitrogens with zero attached hydrogens (tertiary/aromatic N) is 2. The highest BCUT2D eigenvalue weighted by molar-refractivity contribution is 6.02. The summed E-state index contributed by atoms with van der Waals surface area (Å²) in [5, 5.41) is 0.349. The lowest BCUT2D eigenvalue weighted by molar-refractivity contribution is 0.0964. The van der Waals surface area contributed by atoms with Crippen LogP contribution >= 0.6 is 0 Å². The first-order valence-electron chi connectivity index (χ1n) is 10.2. The van der Waals surface area contributed by atoms with E-state index in [0.717, 1.165) is 17.7 Å². The average Bonchev–Trinajstić information content (AvgIpc) is 2.72. The average molecular weight is 407 g/mol. The Labute approximate surface area is 173 Å². The normalized spacial score (nSPS) is 16.1. The maximum absolute atomic E-state index is 12.9. The molecule has 156 valence electrons. The minimum absolute atomic E-state index is 0.0363. The van der Waals surface area contributed by atoms with Gasteiger partial charge in [0.25, 0.3) is 5.56 Å². The number of methoxy groups -OCH3 is 1. The van der Waals surface area contributed by atoms with Gasteiger partial charge in [-0.1, -0.05) is 26.0 Å². The fourth-order valence-electron chi connectivity index (χ4n) is 4.12. The number of rotatable bonds is 5. The van der Waals surface area contributed by atoms with E-state index in [1.165, 1.54) is 10.8 Å². The van der Waals surface area contributed by atoms with Gasteiger partial charge in [0.1, 0.15) is 11.4 Å². The Balaban J connectivity index is 1.84. The van der Waals surface area contributed by atoms with Gasteiger partial charge in [-0.3, -0.25) is 19.1 Å². The van der Waals surface area contributed by atoms with Crippen molar-refractivity contribution in [1.29, 1.82) is 0 Å². The number of nitrogens with one attached hydrogen (secondary N) is 1. The van der Waals surface area contributed by atoms with Crippen molar-refractivity contribution in [3.8, 4) is 5.75 Å². The first-order valence-corrected chi connectivity index (χ1v) is 10.2. The third-order valence-electron chi connectivity index (χ3n) is 5.81. The SMILES string of the molecule is COc1ccc([C@H]2CC(=O)c3cnc4c(c3C2)c(=O)[nH]c(=O)n4CCC(C)C)cc1. The Morgan fingerprint density at radius 3 is 2.57 bits per heavy atom. The van der Waals surface area contributed by atoms with E-state index < -0.39 is 11.2 Å². The predicted octanol–water partition coefficient (Wildman–Crippen LogP) is 3.05. The summed E-state index contributed by atoms with van der Waals surface area (Å²) in [5.74, 6) is 1.07. The Morgan fingerprint density at radius 2 is 1.90 bits per heavy atom. The van der Waals surface area contributed by atoms with E-state index in [2.05, 4.69) is 23.8 Å². The molecule has 7 heteroatoms. The van der Waals surface area contributed by atoms with Crippen molar-refractivity contribution in [1.82, 2.24) is 14.5 Å². The summed E-state index contributed by atoms with van der Waals surface area (Å²) in [7, 11) is 1.61. The molecule has 4 rings (SSSR count). The highest BCUT2D eigenvalue weighted by Crippen LogP contribution is 2.35. The molecule has 1 aromatic carbocycles. The van der Waals surface area contributed by atoms with Crippen molar-refractivity contribution < 1.29 is 9.53 Å². The lowest BCUT2D eigenvalue weighted by atomic mass is 9.79. The van der Waals surface area contributed by atoms with Crippen LogP contribution in [0.5, 0.6) is 5.75 Å². The minimum Gasteiger partial charge on any atom is -0.497 e. The molecule has 2 aromatic heterocycles. The monoisotopic (exact) mass is 407 g/mol. The van der Waals surface area contributed by atoms with Crippen LogP contribution in [0, 0.1) is 5.92 Å². The fourth-order valence-corrected chi connectivity index (χ4v) is 4.12. The molecular weight excluding hydrogens is 382 g/mol. The molecule has 0 unspecified atom stereocenters. The zero-order valence-electron chi connectivity index (χ0n) is 17.4. The second kappa shape index (κ2) is 7.89. The molecule has 1 N–H and O–H groups in total. The van der Waals surface area contributed by atoms with E-state index in [9.17, 15) is 14.4 Å². The lowest BCUT2D eigenvalue weighted by Gasteiger charge is -2.25. The van der Waals surface area contributed by atoms with Gasteiger partial charge in [-0.15, -0.1) is 0 Å². The second-order valence-electron chi connectivity index (χ2n) is 8.24. The summed E-state index contributed by atoms with van der Waals surface area (Å²) < 4.78 is 6.73. The third-order valence-corrected chi connectivity index (χ3v) is 5.81. The number of benzene rings is 1. The molecule has 0 radical (unpaired) electrons. The van der Waals surface area contributed by atoms with Crippen LogP contribution in [0.4, 0.5) is 0 Å². The molecule has 7 nitrogen and oxygen atoms in total. The summed E-state index contributed by atoms with van der Waals surface area (Å²) in [6, 6.07) is 7.65. The largest absolute Gasteiger partial charge is 0.497 e. The van der Waals surface area contributed by atoms with Gasteiger partial charge in [0.05, 0.1) is 12.5 Å². The summed E-state index contributed by atoms with van der Waals surface area (Å²) in [6.07, 6.45) is 3.21. The van der Waals surface area contributed by atoms with Crippen LogP contribution in [0.1, 0.15) is 54.1 Å². The van der Waals surface area contributed by atoms with Gasteiger partial charge >= 0.3 is 5.69 Å². The van der Waals surface area contributed by atoms with Crippen LogP contribution in [0.2, 0.25) is 0 Å². The predicted molar refractivity (Wildman–Crippen MR) is 114 cm³/mol. The Hall–Kier alpha value is -3.22. The topological polar surface area (TPSA) is 94.1 Å². The zero-order chi connectivity index (χ0) is 21.4. The van der Waals surface area contributed by atoms with Crippen molar-refractivity contribution in [2.75, 3.05) is 7.11 Å². The van der Waals surface area contributed by atoms with Crippen molar-refractivity contribution in [2.45, 2.75) is 45.6 Å². The highest BCUT2D eigenvalue weighted by Gasteiger charge is 2.30. The van der Waals surface area contributed by atoms with Gasteiger partial charge in [-0.25, -0.2) is 9.78 Å². The number of ketones is 1. The molecule has 1 atom stereocenters.